The van der Waals surface area contributed by atoms with E-state index in [1.165, 1.54) is 4.90 Å². The number of aliphatic hydroxyl groups excluding tert-OH is 1. The van der Waals surface area contributed by atoms with Crippen LogP contribution < -0.4 is 0 Å². The van der Waals surface area contributed by atoms with Gasteiger partial charge in [-0.05, 0) is 6.92 Å². The standard InChI is InChI=1S/C7H14N2O3/c1-2-8-3-4-9(7(11)12)5-6(8)10/h7,11-12H,2-5H2,1H3. The number of carbonyl (C=O) groups excluding carboxylic acids is 1. The Labute approximate surface area is 71.2 Å². The molecule has 0 bridgehead atoms. The maximum absolute atomic E-state index is 11.2. The van der Waals surface area contributed by atoms with Gasteiger partial charge in [0.25, 0.3) is 0 Å². The van der Waals surface area contributed by atoms with E-state index in [0.29, 0.717) is 19.6 Å². The van der Waals surface area contributed by atoms with Crippen LogP contribution in [0.3, 0.4) is 0 Å². The van der Waals surface area contributed by atoms with Crippen molar-refractivity contribution in [3.05, 3.63) is 0 Å². The van der Waals surface area contributed by atoms with E-state index in [9.17, 15) is 4.79 Å². The van der Waals surface area contributed by atoms with Crippen molar-refractivity contribution in [2.75, 3.05) is 26.2 Å². The Hall–Kier alpha value is -0.650. The third kappa shape index (κ3) is 1.94. The molecule has 1 aliphatic heterocycles. The maximum atomic E-state index is 11.2. The van der Waals surface area contributed by atoms with E-state index in [1.54, 1.807) is 4.90 Å². The van der Waals surface area contributed by atoms with Crippen LogP contribution in [-0.4, -0.2) is 58.5 Å². The number of nitrogens with zero attached hydrogens (tertiary/aromatic N) is 2. The fourth-order valence-electron chi connectivity index (χ4n) is 1.26. The van der Waals surface area contributed by atoms with Crippen molar-refractivity contribution in [3.63, 3.8) is 0 Å². The molecule has 0 radical (unpaired) electrons. The van der Waals surface area contributed by atoms with Gasteiger partial charge in [0.05, 0.1) is 6.54 Å². The van der Waals surface area contributed by atoms with Gasteiger partial charge < -0.3 is 15.1 Å². The highest BCUT2D eigenvalue weighted by Gasteiger charge is 2.25. The Bertz CT molecular complexity index is 172. The van der Waals surface area contributed by atoms with Crippen LogP contribution in [-0.2, 0) is 4.79 Å². The molecule has 0 saturated carbocycles. The first-order valence-electron chi connectivity index (χ1n) is 4.03. The average Bonchev–Trinajstić information content (AvgIpc) is 2.04. The zero-order valence-corrected chi connectivity index (χ0v) is 7.10. The summed E-state index contributed by atoms with van der Waals surface area (Å²) in [7, 11) is 0. The summed E-state index contributed by atoms with van der Waals surface area (Å²) >= 11 is 0. The van der Waals surface area contributed by atoms with Gasteiger partial charge in [-0.25, -0.2) is 4.90 Å². The van der Waals surface area contributed by atoms with Crippen molar-refractivity contribution >= 4 is 5.91 Å². The van der Waals surface area contributed by atoms with E-state index >= 15 is 0 Å². The van der Waals surface area contributed by atoms with Crippen LogP contribution in [0, 0.1) is 0 Å². The van der Waals surface area contributed by atoms with Crippen molar-refractivity contribution in [2.45, 2.75) is 13.3 Å². The second kappa shape index (κ2) is 3.84. The van der Waals surface area contributed by atoms with Crippen molar-refractivity contribution in [2.24, 2.45) is 0 Å². The topological polar surface area (TPSA) is 64.0 Å². The fourth-order valence-corrected chi connectivity index (χ4v) is 1.26. The summed E-state index contributed by atoms with van der Waals surface area (Å²) in [4.78, 5) is 14.2. The molecule has 1 amide bonds. The second-order valence-corrected chi connectivity index (χ2v) is 2.79. The Morgan fingerprint density at radius 3 is 2.58 bits per heavy atom. The molecule has 0 aliphatic carbocycles. The Morgan fingerprint density at radius 2 is 2.17 bits per heavy atom. The third-order valence-corrected chi connectivity index (χ3v) is 2.06. The smallest absolute Gasteiger partial charge is 0.236 e. The predicted molar refractivity (Wildman–Crippen MR) is 42.1 cm³/mol. The third-order valence-electron chi connectivity index (χ3n) is 2.06. The van der Waals surface area contributed by atoms with E-state index in [4.69, 9.17) is 10.2 Å². The number of carbonyl (C=O) groups is 1. The summed E-state index contributed by atoms with van der Waals surface area (Å²) in [5.41, 5.74) is 0. The lowest BCUT2D eigenvalue weighted by Crippen LogP contribution is -2.53. The van der Waals surface area contributed by atoms with Gasteiger partial charge in [-0.15, -0.1) is 0 Å². The molecular weight excluding hydrogens is 160 g/mol. The van der Waals surface area contributed by atoms with E-state index in [0.717, 1.165) is 0 Å². The van der Waals surface area contributed by atoms with Crippen molar-refractivity contribution in [1.82, 2.24) is 9.80 Å². The van der Waals surface area contributed by atoms with Crippen LogP contribution in [0.15, 0.2) is 0 Å². The lowest BCUT2D eigenvalue weighted by atomic mass is 10.3. The first-order valence-corrected chi connectivity index (χ1v) is 4.03. The number of likely N-dealkylation sites (N-methyl/N-ethyl adjacent to an activating group) is 1. The summed E-state index contributed by atoms with van der Waals surface area (Å²) < 4.78 is 0. The summed E-state index contributed by atoms with van der Waals surface area (Å²) in [6.07, 6.45) is -1.51. The van der Waals surface area contributed by atoms with Crippen LogP contribution >= 0.6 is 0 Å². The minimum atomic E-state index is -1.51. The highest BCUT2D eigenvalue weighted by atomic mass is 16.5. The van der Waals surface area contributed by atoms with Crippen LogP contribution in [0.1, 0.15) is 6.92 Å². The van der Waals surface area contributed by atoms with Gasteiger partial charge in [0, 0.05) is 19.6 Å². The maximum Gasteiger partial charge on any atom is 0.236 e. The number of rotatable bonds is 2. The molecule has 2 N–H and O–H groups in total. The monoisotopic (exact) mass is 174 g/mol. The van der Waals surface area contributed by atoms with E-state index in [-0.39, 0.29) is 12.5 Å². The number of aliphatic hydroxyl groups is 2. The molecule has 70 valence electrons. The van der Waals surface area contributed by atoms with Crippen LogP contribution in [0.4, 0.5) is 0 Å². The van der Waals surface area contributed by atoms with Gasteiger partial charge in [-0.1, -0.05) is 0 Å². The first kappa shape index (κ1) is 9.44. The summed E-state index contributed by atoms with van der Waals surface area (Å²) in [6, 6.07) is 0. The largest absolute Gasteiger partial charge is 0.356 e. The summed E-state index contributed by atoms with van der Waals surface area (Å²) in [5, 5.41) is 17.5. The molecule has 0 aromatic carbocycles. The predicted octanol–water partition coefficient (Wildman–Crippen LogP) is -1.58. The van der Waals surface area contributed by atoms with Gasteiger partial charge in [0.15, 0.2) is 0 Å². The Morgan fingerprint density at radius 1 is 1.50 bits per heavy atom. The molecule has 1 rings (SSSR count). The molecule has 0 spiro atoms. The number of amides is 1. The van der Waals surface area contributed by atoms with Gasteiger partial charge in [0.1, 0.15) is 0 Å². The lowest BCUT2D eigenvalue weighted by molar-refractivity contribution is -0.175. The molecule has 1 aliphatic rings. The zero-order valence-electron chi connectivity index (χ0n) is 7.10. The fraction of sp³-hybridized carbons (Fsp3) is 0.857. The SMILES string of the molecule is CCN1CCN(C(O)O)CC1=O. The van der Waals surface area contributed by atoms with E-state index in [2.05, 4.69) is 0 Å². The van der Waals surface area contributed by atoms with Crippen LogP contribution in [0.25, 0.3) is 0 Å². The molecule has 5 nitrogen and oxygen atoms in total. The molecular formula is C7H14N2O3. The quantitative estimate of drug-likeness (QED) is 0.496. The molecule has 0 aromatic heterocycles. The van der Waals surface area contributed by atoms with Gasteiger partial charge in [-0.2, -0.15) is 0 Å². The minimum Gasteiger partial charge on any atom is -0.356 e. The Kier molecular flexibility index (Phi) is 3.02. The van der Waals surface area contributed by atoms with Crippen molar-refractivity contribution in [1.29, 1.82) is 0 Å². The molecule has 12 heavy (non-hydrogen) atoms. The number of piperazine rings is 1. The van der Waals surface area contributed by atoms with Crippen molar-refractivity contribution < 1.29 is 15.0 Å². The number of hydrogen-bond acceptors (Lipinski definition) is 4. The van der Waals surface area contributed by atoms with Gasteiger partial charge >= 0.3 is 0 Å². The Balaban J connectivity index is 2.46. The van der Waals surface area contributed by atoms with E-state index in [1.807, 2.05) is 6.92 Å². The van der Waals surface area contributed by atoms with Crippen molar-refractivity contribution in [3.8, 4) is 0 Å². The highest BCUT2D eigenvalue weighted by Crippen LogP contribution is 2.03. The molecule has 1 heterocycles. The molecule has 5 heteroatoms. The summed E-state index contributed by atoms with van der Waals surface area (Å²) in [6.45, 7) is 3.80. The van der Waals surface area contributed by atoms with Gasteiger partial charge in [0.2, 0.25) is 12.3 Å². The van der Waals surface area contributed by atoms with Crippen LogP contribution in [0.5, 0.6) is 0 Å². The minimum absolute atomic E-state index is 0.0446. The molecule has 0 unspecified atom stereocenters. The molecule has 0 aromatic rings. The van der Waals surface area contributed by atoms with Gasteiger partial charge in [-0.3, -0.25) is 4.79 Å². The summed E-state index contributed by atoms with van der Waals surface area (Å²) in [5.74, 6) is -0.0446. The van der Waals surface area contributed by atoms with Crippen LogP contribution in [0.2, 0.25) is 0 Å². The first-order chi connectivity index (χ1) is 5.65. The lowest BCUT2D eigenvalue weighted by Gasteiger charge is -2.34. The normalized spacial score (nSPS) is 20.7. The van der Waals surface area contributed by atoms with E-state index < -0.39 is 6.41 Å². The average molecular weight is 174 g/mol. The second-order valence-electron chi connectivity index (χ2n) is 2.79. The number of hydrogen-bond donors (Lipinski definition) is 2. The molecule has 0 atom stereocenters. The highest BCUT2D eigenvalue weighted by molar-refractivity contribution is 5.78. The zero-order chi connectivity index (χ0) is 9.14. The molecule has 1 fully saturated rings. The molecule has 1 saturated heterocycles.